The molecule has 1 aliphatic rings. The molecule has 1 aromatic carbocycles. The SMILES string of the molecule is Cc1cc(C(=O)Nc2ccccc2SC(=O)N(C)C)c(C)n1C1CCCCC1. The maximum Gasteiger partial charge on any atom is 0.286 e. The fraction of sp³-hybridized carbons (Fsp3) is 0.455. The zero-order valence-electron chi connectivity index (χ0n) is 17.1. The topological polar surface area (TPSA) is 54.3 Å². The molecule has 1 saturated carbocycles. The Hall–Kier alpha value is -2.21. The molecule has 1 fully saturated rings. The highest BCUT2D eigenvalue weighted by Crippen LogP contribution is 2.33. The summed E-state index contributed by atoms with van der Waals surface area (Å²) in [6.45, 7) is 4.12. The van der Waals surface area contributed by atoms with E-state index in [1.165, 1.54) is 37.0 Å². The van der Waals surface area contributed by atoms with Crippen molar-refractivity contribution >= 4 is 28.6 Å². The number of hydrogen-bond acceptors (Lipinski definition) is 3. The van der Waals surface area contributed by atoms with Crippen molar-refractivity contribution < 1.29 is 9.59 Å². The van der Waals surface area contributed by atoms with Crippen LogP contribution < -0.4 is 5.32 Å². The van der Waals surface area contributed by atoms with Crippen molar-refractivity contribution in [3.8, 4) is 0 Å². The summed E-state index contributed by atoms with van der Waals surface area (Å²) in [6, 6.07) is 9.91. The molecule has 1 aromatic heterocycles. The molecule has 0 radical (unpaired) electrons. The van der Waals surface area contributed by atoms with Gasteiger partial charge in [-0.15, -0.1) is 0 Å². The molecule has 0 saturated heterocycles. The molecule has 5 nitrogen and oxygen atoms in total. The van der Waals surface area contributed by atoms with E-state index in [2.05, 4.69) is 16.8 Å². The number of aromatic nitrogens is 1. The Bertz CT molecular complexity index is 867. The van der Waals surface area contributed by atoms with E-state index in [0.717, 1.165) is 28.0 Å². The maximum atomic E-state index is 13.0. The third-order valence-electron chi connectivity index (χ3n) is 5.37. The van der Waals surface area contributed by atoms with Gasteiger partial charge in [-0.05, 0) is 56.7 Å². The zero-order chi connectivity index (χ0) is 20.3. The molecule has 150 valence electrons. The van der Waals surface area contributed by atoms with Crippen LogP contribution in [0.3, 0.4) is 0 Å². The standard InChI is InChI=1S/C22H29N3O2S/c1-15-14-18(16(2)25(15)17-10-6-5-7-11-17)21(26)23-19-12-8-9-13-20(19)28-22(27)24(3)4/h8-9,12-14,17H,5-7,10-11H2,1-4H3,(H,23,26). The molecule has 0 atom stereocenters. The maximum absolute atomic E-state index is 13.0. The number of para-hydroxylation sites is 1. The second-order valence-electron chi connectivity index (χ2n) is 7.66. The Morgan fingerprint density at radius 1 is 1.11 bits per heavy atom. The third-order valence-corrected chi connectivity index (χ3v) is 6.48. The Kier molecular flexibility index (Phi) is 6.50. The minimum absolute atomic E-state index is 0.0721. The first-order chi connectivity index (χ1) is 13.4. The number of nitrogens with one attached hydrogen (secondary N) is 1. The van der Waals surface area contributed by atoms with Gasteiger partial charge in [0.25, 0.3) is 11.1 Å². The van der Waals surface area contributed by atoms with Crippen LogP contribution in [0.2, 0.25) is 0 Å². The Balaban J connectivity index is 1.82. The second-order valence-corrected chi connectivity index (χ2v) is 8.65. The van der Waals surface area contributed by atoms with E-state index >= 15 is 0 Å². The van der Waals surface area contributed by atoms with Gasteiger partial charge in [-0.3, -0.25) is 9.59 Å². The molecule has 2 amide bonds. The fourth-order valence-electron chi connectivity index (χ4n) is 3.94. The summed E-state index contributed by atoms with van der Waals surface area (Å²) in [5.74, 6) is -0.125. The summed E-state index contributed by atoms with van der Waals surface area (Å²) < 4.78 is 2.34. The van der Waals surface area contributed by atoms with Crippen molar-refractivity contribution in [3.63, 3.8) is 0 Å². The number of carbonyl (C=O) groups excluding carboxylic acids is 2. The molecule has 28 heavy (non-hydrogen) atoms. The van der Waals surface area contributed by atoms with E-state index in [-0.39, 0.29) is 11.1 Å². The lowest BCUT2D eigenvalue weighted by molar-refractivity contribution is 0.102. The van der Waals surface area contributed by atoms with Crippen LogP contribution >= 0.6 is 11.8 Å². The van der Waals surface area contributed by atoms with Crippen molar-refractivity contribution in [2.24, 2.45) is 0 Å². The predicted octanol–water partition coefficient (Wildman–Crippen LogP) is 5.64. The van der Waals surface area contributed by atoms with E-state index in [4.69, 9.17) is 0 Å². The Labute approximate surface area is 171 Å². The van der Waals surface area contributed by atoms with Gasteiger partial charge in [0.05, 0.1) is 11.3 Å². The highest BCUT2D eigenvalue weighted by Gasteiger charge is 2.23. The lowest BCUT2D eigenvalue weighted by Gasteiger charge is -2.26. The molecule has 1 heterocycles. The molecule has 0 bridgehead atoms. The largest absolute Gasteiger partial charge is 0.345 e. The monoisotopic (exact) mass is 399 g/mol. The van der Waals surface area contributed by atoms with Gasteiger partial charge in [-0.2, -0.15) is 0 Å². The second kappa shape index (κ2) is 8.86. The van der Waals surface area contributed by atoms with Gasteiger partial charge < -0.3 is 14.8 Å². The van der Waals surface area contributed by atoms with Crippen LogP contribution in [0.15, 0.2) is 35.2 Å². The summed E-state index contributed by atoms with van der Waals surface area (Å²) in [4.78, 5) is 27.4. The van der Waals surface area contributed by atoms with Gasteiger partial charge in [0, 0.05) is 36.4 Å². The quantitative estimate of drug-likeness (QED) is 0.677. The average molecular weight is 400 g/mol. The van der Waals surface area contributed by atoms with Crippen LogP contribution in [0.25, 0.3) is 0 Å². The average Bonchev–Trinajstić information content (AvgIpc) is 2.98. The first-order valence-corrected chi connectivity index (χ1v) is 10.7. The van der Waals surface area contributed by atoms with Crippen molar-refractivity contribution in [2.75, 3.05) is 19.4 Å². The van der Waals surface area contributed by atoms with Gasteiger partial charge in [-0.25, -0.2) is 0 Å². The number of aryl methyl sites for hydroxylation is 1. The van der Waals surface area contributed by atoms with Gasteiger partial charge >= 0.3 is 0 Å². The Morgan fingerprint density at radius 2 is 1.79 bits per heavy atom. The molecule has 6 heteroatoms. The number of carbonyl (C=O) groups is 2. The number of amides is 2. The smallest absolute Gasteiger partial charge is 0.286 e. The van der Waals surface area contributed by atoms with Crippen molar-refractivity contribution in [1.29, 1.82) is 0 Å². The van der Waals surface area contributed by atoms with Crippen LogP contribution in [0.1, 0.15) is 59.9 Å². The fourth-order valence-corrected chi connectivity index (χ4v) is 4.69. The first kappa shape index (κ1) is 20.5. The van der Waals surface area contributed by atoms with E-state index in [1.54, 1.807) is 14.1 Å². The van der Waals surface area contributed by atoms with Crippen LogP contribution in [0.5, 0.6) is 0 Å². The van der Waals surface area contributed by atoms with Crippen LogP contribution in [0.4, 0.5) is 10.5 Å². The Morgan fingerprint density at radius 3 is 2.46 bits per heavy atom. The number of benzene rings is 1. The normalized spacial score (nSPS) is 14.7. The lowest BCUT2D eigenvalue weighted by Crippen LogP contribution is -2.18. The van der Waals surface area contributed by atoms with E-state index in [9.17, 15) is 9.59 Å². The van der Waals surface area contributed by atoms with Crippen molar-refractivity contribution in [1.82, 2.24) is 9.47 Å². The summed E-state index contributed by atoms with van der Waals surface area (Å²) in [5.41, 5.74) is 3.54. The number of rotatable bonds is 4. The van der Waals surface area contributed by atoms with Gasteiger partial charge in [-0.1, -0.05) is 31.4 Å². The lowest BCUT2D eigenvalue weighted by atomic mass is 9.95. The van der Waals surface area contributed by atoms with Crippen molar-refractivity contribution in [3.05, 3.63) is 47.3 Å². The molecule has 2 aromatic rings. The molecular weight excluding hydrogens is 370 g/mol. The minimum atomic E-state index is -0.125. The highest BCUT2D eigenvalue weighted by atomic mass is 32.2. The third kappa shape index (κ3) is 4.43. The summed E-state index contributed by atoms with van der Waals surface area (Å²) in [7, 11) is 3.44. The minimum Gasteiger partial charge on any atom is -0.345 e. The number of anilines is 1. The highest BCUT2D eigenvalue weighted by molar-refractivity contribution is 8.13. The van der Waals surface area contributed by atoms with Crippen molar-refractivity contribution in [2.45, 2.75) is 56.9 Å². The summed E-state index contributed by atoms with van der Waals surface area (Å²) >= 11 is 1.12. The molecule has 0 unspecified atom stereocenters. The predicted molar refractivity (Wildman–Crippen MR) is 115 cm³/mol. The van der Waals surface area contributed by atoms with Crippen LogP contribution in [-0.2, 0) is 0 Å². The number of hydrogen-bond donors (Lipinski definition) is 1. The molecule has 0 aliphatic heterocycles. The molecule has 0 spiro atoms. The van der Waals surface area contributed by atoms with E-state index in [0.29, 0.717) is 17.3 Å². The molecule has 3 rings (SSSR count). The molecular formula is C22H29N3O2S. The molecule has 1 aliphatic carbocycles. The van der Waals surface area contributed by atoms with Gasteiger partial charge in [0.15, 0.2) is 0 Å². The summed E-state index contributed by atoms with van der Waals surface area (Å²) in [6.07, 6.45) is 6.19. The van der Waals surface area contributed by atoms with Gasteiger partial charge in [0.1, 0.15) is 0 Å². The number of thioether (sulfide) groups is 1. The first-order valence-electron chi connectivity index (χ1n) is 9.86. The number of nitrogens with zero attached hydrogens (tertiary/aromatic N) is 2. The van der Waals surface area contributed by atoms with E-state index < -0.39 is 0 Å². The zero-order valence-corrected chi connectivity index (χ0v) is 17.9. The van der Waals surface area contributed by atoms with Crippen LogP contribution in [-0.4, -0.2) is 34.7 Å². The van der Waals surface area contributed by atoms with Crippen LogP contribution in [0, 0.1) is 13.8 Å². The molecule has 1 N–H and O–H groups in total. The van der Waals surface area contributed by atoms with E-state index in [1.807, 2.05) is 37.3 Å². The summed E-state index contributed by atoms with van der Waals surface area (Å²) in [5, 5.41) is 2.94. The van der Waals surface area contributed by atoms with Gasteiger partial charge in [0.2, 0.25) is 0 Å².